The fraction of sp³-hybridized carbons (Fsp3) is 0.263. The first-order valence-electron chi connectivity index (χ1n) is 9.14. The third kappa shape index (κ3) is 4.92. The number of nitrogens with one attached hydrogen (secondary N) is 1. The summed E-state index contributed by atoms with van der Waals surface area (Å²) in [6.07, 6.45) is 0.502. The normalized spacial score (nSPS) is 11.0. The number of carbonyl (C=O) groups is 1. The second kappa shape index (κ2) is 8.91. The van der Waals surface area contributed by atoms with Crippen LogP contribution in [0.2, 0.25) is 0 Å². The number of aromatic nitrogens is 5. The zero-order valence-electron chi connectivity index (χ0n) is 16.3. The van der Waals surface area contributed by atoms with Gasteiger partial charge in [-0.2, -0.15) is 4.98 Å². The lowest BCUT2D eigenvalue weighted by molar-refractivity contribution is -0.116. The van der Waals surface area contributed by atoms with E-state index >= 15 is 0 Å². The summed E-state index contributed by atoms with van der Waals surface area (Å²) in [5.74, 6) is 2.52. The van der Waals surface area contributed by atoms with Gasteiger partial charge in [0, 0.05) is 24.5 Å². The van der Waals surface area contributed by atoms with E-state index < -0.39 is 0 Å². The first-order chi connectivity index (χ1) is 14.6. The van der Waals surface area contributed by atoms with Gasteiger partial charge in [0.2, 0.25) is 17.7 Å². The molecule has 1 N–H and O–H groups in total. The van der Waals surface area contributed by atoms with Gasteiger partial charge in [-0.1, -0.05) is 40.3 Å². The Morgan fingerprint density at radius 2 is 2.00 bits per heavy atom. The Morgan fingerprint density at radius 3 is 2.80 bits per heavy atom. The quantitative estimate of drug-likeness (QED) is 0.417. The number of rotatable bonds is 8. The molecule has 0 radical (unpaired) electrons. The van der Waals surface area contributed by atoms with Crippen LogP contribution in [-0.2, 0) is 17.0 Å². The molecule has 30 heavy (non-hydrogen) atoms. The van der Waals surface area contributed by atoms with E-state index in [1.165, 1.54) is 11.8 Å². The van der Waals surface area contributed by atoms with Crippen molar-refractivity contribution < 1.29 is 18.3 Å². The highest BCUT2D eigenvalue weighted by atomic mass is 32.2. The summed E-state index contributed by atoms with van der Waals surface area (Å²) < 4.78 is 15.8. The van der Waals surface area contributed by atoms with Gasteiger partial charge in [0.25, 0.3) is 5.22 Å². The number of anilines is 1. The van der Waals surface area contributed by atoms with Gasteiger partial charge in [-0.25, -0.2) is 0 Å². The lowest BCUT2D eigenvalue weighted by atomic mass is 10.1. The Morgan fingerprint density at radius 1 is 1.13 bits per heavy atom. The summed E-state index contributed by atoms with van der Waals surface area (Å²) in [7, 11) is 0. The molecule has 10 nitrogen and oxygen atoms in total. The van der Waals surface area contributed by atoms with Crippen molar-refractivity contribution in [3.05, 3.63) is 53.4 Å². The van der Waals surface area contributed by atoms with Gasteiger partial charge in [0.05, 0.1) is 5.75 Å². The fourth-order valence-electron chi connectivity index (χ4n) is 2.62. The molecular formula is C19H18N6O4S. The maximum Gasteiger partial charge on any atom is 0.277 e. The lowest BCUT2D eigenvalue weighted by Gasteiger charge is -1.98. The van der Waals surface area contributed by atoms with Crippen molar-refractivity contribution in [2.45, 2.75) is 37.7 Å². The number of aryl methyl sites for hydroxylation is 3. The number of hydrogen-bond acceptors (Lipinski definition) is 10. The van der Waals surface area contributed by atoms with Crippen LogP contribution in [0.25, 0.3) is 11.5 Å². The minimum atomic E-state index is -0.216. The molecule has 0 unspecified atom stereocenters. The van der Waals surface area contributed by atoms with Gasteiger partial charge in [0.15, 0.2) is 11.6 Å². The fourth-order valence-corrected chi connectivity index (χ4v) is 3.22. The molecule has 154 valence electrons. The molecule has 1 amide bonds. The monoisotopic (exact) mass is 426 g/mol. The van der Waals surface area contributed by atoms with Crippen molar-refractivity contribution in [3.8, 4) is 11.5 Å². The SMILES string of the molecule is Cc1cc(NC(=O)CCc2nc(CSc3nnc(-c4ccccc4C)o3)no2)no1. The van der Waals surface area contributed by atoms with E-state index in [2.05, 4.69) is 30.8 Å². The molecule has 0 aliphatic rings. The maximum atomic E-state index is 11.9. The molecular weight excluding hydrogens is 408 g/mol. The predicted molar refractivity (Wildman–Crippen MR) is 107 cm³/mol. The van der Waals surface area contributed by atoms with Crippen LogP contribution in [0.5, 0.6) is 0 Å². The zero-order chi connectivity index (χ0) is 20.9. The topological polar surface area (TPSA) is 133 Å². The predicted octanol–water partition coefficient (Wildman–Crippen LogP) is 3.59. The lowest BCUT2D eigenvalue weighted by Crippen LogP contribution is -2.12. The first-order valence-corrected chi connectivity index (χ1v) is 10.1. The van der Waals surface area contributed by atoms with Crippen molar-refractivity contribution in [1.82, 2.24) is 25.5 Å². The standard InChI is InChI=1S/C19H18N6O4S/c1-11-5-3-4-6-13(11)18-22-23-19(27-18)30-10-15-21-17(29-25-15)8-7-16(26)20-14-9-12(2)28-24-14/h3-6,9H,7-8,10H2,1-2H3,(H,20,24,26). The van der Waals surface area contributed by atoms with Crippen LogP contribution in [0.1, 0.15) is 29.5 Å². The minimum Gasteiger partial charge on any atom is -0.411 e. The molecule has 0 saturated heterocycles. The Kier molecular flexibility index (Phi) is 5.89. The molecule has 0 spiro atoms. The molecule has 4 rings (SSSR count). The molecule has 1 aromatic carbocycles. The molecule has 0 fully saturated rings. The van der Waals surface area contributed by atoms with Crippen molar-refractivity contribution in [3.63, 3.8) is 0 Å². The van der Waals surface area contributed by atoms with Gasteiger partial charge in [-0.15, -0.1) is 10.2 Å². The second-order valence-electron chi connectivity index (χ2n) is 6.45. The third-order valence-electron chi connectivity index (χ3n) is 4.08. The van der Waals surface area contributed by atoms with Gasteiger partial charge in [-0.05, 0) is 25.5 Å². The van der Waals surface area contributed by atoms with Crippen molar-refractivity contribution >= 4 is 23.5 Å². The van der Waals surface area contributed by atoms with E-state index in [4.69, 9.17) is 13.5 Å². The van der Waals surface area contributed by atoms with Crippen LogP contribution >= 0.6 is 11.8 Å². The van der Waals surface area contributed by atoms with Gasteiger partial charge in [0.1, 0.15) is 5.76 Å². The van der Waals surface area contributed by atoms with E-state index in [0.717, 1.165) is 11.1 Å². The van der Waals surface area contributed by atoms with Gasteiger partial charge in [-0.3, -0.25) is 4.79 Å². The molecule has 0 bridgehead atoms. The summed E-state index contributed by atoms with van der Waals surface area (Å²) >= 11 is 1.31. The van der Waals surface area contributed by atoms with E-state index in [0.29, 0.717) is 46.6 Å². The minimum absolute atomic E-state index is 0.185. The summed E-state index contributed by atoms with van der Waals surface area (Å²) in [5.41, 5.74) is 1.96. The van der Waals surface area contributed by atoms with E-state index in [1.807, 2.05) is 31.2 Å². The smallest absolute Gasteiger partial charge is 0.277 e. The van der Waals surface area contributed by atoms with Crippen molar-refractivity contribution in [2.75, 3.05) is 5.32 Å². The third-order valence-corrected chi connectivity index (χ3v) is 4.89. The maximum absolute atomic E-state index is 11.9. The molecule has 0 saturated carbocycles. The Labute approximate surface area is 175 Å². The molecule has 3 aromatic heterocycles. The molecule has 0 atom stereocenters. The summed E-state index contributed by atoms with van der Waals surface area (Å²) in [6, 6.07) is 9.44. The number of carbonyl (C=O) groups excluding carboxylic acids is 1. The number of hydrogen-bond donors (Lipinski definition) is 1. The highest BCUT2D eigenvalue weighted by molar-refractivity contribution is 7.98. The highest BCUT2D eigenvalue weighted by Gasteiger charge is 2.14. The first kappa shape index (κ1) is 19.8. The molecule has 11 heteroatoms. The highest BCUT2D eigenvalue weighted by Crippen LogP contribution is 2.26. The van der Waals surface area contributed by atoms with Gasteiger partial charge >= 0.3 is 0 Å². The summed E-state index contributed by atoms with van der Waals surface area (Å²) in [6.45, 7) is 3.73. The van der Waals surface area contributed by atoms with E-state index in [9.17, 15) is 4.79 Å². The number of thioether (sulfide) groups is 1. The Bertz CT molecular complexity index is 1150. The van der Waals surface area contributed by atoms with Crippen LogP contribution in [0.15, 0.2) is 49.0 Å². The molecule has 0 aliphatic heterocycles. The van der Waals surface area contributed by atoms with Crippen LogP contribution in [0.3, 0.4) is 0 Å². The van der Waals surface area contributed by atoms with Gasteiger partial charge < -0.3 is 18.8 Å². The number of nitrogens with zero attached hydrogens (tertiary/aromatic N) is 5. The van der Waals surface area contributed by atoms with Crippen LogP contribution in [0.4, 0.5) is 5.82 Å². The molecule has 3 heterocycles. The number of benzene rings is 1. The summed E-state index contributed by atoms with van der Waals surface area (Å²) in [4.78, 5) is 16.2. The van der Waals surface area contributed by atoms with Crippen LogP contribution in [-0.4, -0.2) is 31.4 Å². The number of amides is 1. The second-order valence-corrected chi connectivity index (χ2v) is 7.38. The van der Waals surface area contributed by atoms with E-state index in [-0.39, 0.29) is 12.3 Å². The largest absolute Gasteiger partial charge is 0.411 e. The summed E-state index contributed by atoms with van der Waals surface area (Å²) in [5, 5.41) is 18.8. The van der Waals surface area contributed by atoms with Crippen molar-refractivity contribution in [2.24, 2.45) is 0 Å². The van der Waals surface area contributed by atoms with Crippen LogP contribution < -0.4 is 5.32 Å². The average molecular weight is 426 g/mol. The van der Waals surface area contributed by atoms with E-state index in [1.54, 1.807) is 13.0 Å². The average Bonchev–Trinajstić information content (AvgIpc) is 3.47. The molecule has 4 aromatic rings. The van der Waals surface area contributed by atoms with Crippen molar-refractivity contribution in [1.29, 1.82) is 0 Å². The Balaban J connectivity index is 1.27. The zero-order valence-corrected chi connectivity index (χ0v) is 17.1. The molecule has 0 aliphatic carbocycles. The Hall–Kier alpha value is -3.47. The van der Waals surface area contributed by atoms with Crippen LogP contribution in [0, 0.1) is 13.8 Å².